The highest BCUT2D eigenvalue weighted by molar-refractivity contribution is 5.94. The van der Waals surface area contributed by atoms with E-state index in [9.17, 15) is 4.79 Å². The molecular formula is C19H29N3O3. The third-order valence-corrected chi connectivity index (χ3v) is 5.30. The molecule has 3 rings (SSSR count). The second-order valence-electron chi connectivity index (χ2n) is 6.98. The van der Waals surface area contributed by atoms with E-state index in [-0.39, 0.29) is 5.91 Å². The summed E-state index contributed by atoms with van der Waals surface area (Å²) in [5.74, 6) is 1.08. The number of amides is 1. The molecule has 2 fully saturated rings. The van der Waals surface area contributed by atoms with Gasteiger partial charge in [0.1, 0.15) is 0 Å². The van der Waals surface area contributed by atoms with Gasteiger partial charge in [0.15, 0.2) is 0 Å². The zero-order valence-electron chi connectivity index (χ0n) is 15.1. The number of hydrogen-bond acceptors (Lipinski definition) is 5. The summed E-state index contributed by atoms with van der Waals surface area (Å²) in [7, 11) is 1.55. The molecule has 1 aromatic heterocycles. The van der Waals surface area contributed by atoms with Gasteiger partial charge in [0.2, 0.25) is 5.88 Å². The van der Waals surface area contributed by atoms with Crippen molar-refractivity contribution >= 4 is 5.91 Å². The number of carbonyl (C=O) groups is 1. The third kappa shape index (κ3) is 5.16. The molecule has 2 aliphatic heterocycles. The average molecular weight is 347 g/mol. The monoisotopic (exact) mass is 347 g/mol. The first-order chi connectivity index (χ1) is 12.3. The first kappa shape index (κ1) is 18.1. The molecule has 138 valence electrons. The SMILES string of the molecule is COc1cc(C(=O)NCCC2CCCN(C3CCOCC3)C2)ccn1. The Morgan fingerprint density at radius 2 is 2.24 bits per heavy atom. The molecule has 1 unspecified atom stereocenters. The Balaban J connectivity index is 1.42. The normalized spacial score (nSPS) is 22.5. The number of piperidine rings is 1. The first-order valence-corrected chi connectivity index (χ1v) is 9.36. The fourth-order valence-corrected chi connectivity index (χ4v) is 3.87. The highest BCUT2D eigenvalue weighted by atomic mass is 16.5. The summed E-state index contributed by atoms with van der Waals surface area (Å²) in [6, 6.07) is 4.07. The summed E-state index contributed by atoms with van der Waals surface area (Å²) < 4.78 is 10.5. The molecule has 0 aliphatic carbocycles. The van der Waals surface area contributed by atoms with Crippen molar-refractivity contribution in [2.75, 3.05) is 40.0 Å². The molecule has 1 N–H and O–H groups in total. The summed E-state index contributed by atoms with van der Waals surface area (Å²) in [6.07, 6.45) is 7.48. The van der Waals surface area contributed by atoms with Gasteiger partial charge >= 0.3 is 0 Å². The van der Waals surface area contributed by atoms with Gasteiger partial charge in [-0.1, -0.05) is 0 Å². The number of rotatable bonds is 6. The number of ether oxygens (including phenoxy) is 2. The molecule has 2 saturated heterocycles. The minimum atomic E-state index is -0.0576. The maximum absolute atomic E-state index is 12.2. The lowest BCUT2D eigenvalue weighted by Crippen LogP contribution is -2.45. The fourth-order valence-electron chi connectivity index (χ4n) is 3.87. The van der Waals surface area contributed by atoms with Gasteiger partial charge in [-0.15, -0.1) is 0 Å². The molecule has 6 heteroatoms. The van der Waals surface area contributed by atoms with Crippen LogP contribution in [0.15, 0.2) is 18.3 Å². The Kier molecular flexibility index (Phi) is 6.64. The standard InChI is InChI=1S/C19H29N3O3/c1-24-18-13-16(5-9-20-18)19(23)21-8-4-15-3-2-10-22(14-15)17-6-11-25-12-7-17/h5,9,13,15,17H,2-4,6-8,10-12,14H2,1H3,(H,21,23). The summed E-state index contributed by atoms with van der Waals surface area (Å²) in [5.41, 5.74) is 0.597. The van der Waals surface area contributed by atoms with Crippen LogP contribution in [0, 0.1) is 5.92 Å². The second-order valence-corrected chi connectivity index (χ2v) is 6.98. The van der Waals surface area contributed by atoms with Crippen molar-refractivity contribution in [1.82, 2.24) is 15.2 Å². The van der Waals surface area contributed by atoms with E-state index < -0.39 is 0 Å². The van der Waals surface area contributed by atoms with Crippen LogP contribution in [-0.2, 0) is 4.74 Å². The number of methoxy groups -OCH3 is 1. The van der Waals surface area contributed by atoms with Gasteiger partial charge in [0.25, 0.3) is 5.91 Å². The molecule has 0 bridgehead atoms. The predicted octanol–water partition coefficient (Wildman–Crippen LogP) is 2.10. The summed E-state index contributed by atoms with van der Waals surface area (Å²) >= 11 is 0. The number of carbonyl (C=O) groups excluding carboxylic acids is 1. The van der Waals surface area contributed by atoms with E-state index in [0.717, 1.165) is 45.6 Å². The van der Waals surface area contributed by atoms with E-state index in [1.807, 2.05) is 0 Å². The van der Waals surface area contributed by atoms with E-state index in [1.165, 1.54) is 19.4 Å². The van der Waals surface area contributed by atoms with Crippen LogP contribution in [0.2, 0.25) is 0 Å². The molecule has 1 amide bonds. The van der Waals surface area contributed by atoms with Crippen molar-refractivity contribution in [2.45, 2.75) is 38.1 Å². The second kappa shape index (κ2) is 9.15. The Hall–Kier alpha value is -1.66. The van der Waals surface area contributed by atoms with Crippen molar-refractivity contribution in [3.05, 3.63) is 23.9 Å². The molecule has 0 spiro atoms. The van der Waals surface area contributed by atoms with E-state index in [2.05, 4.69) is 15.2 Å². The van der Waals surface area contributed by atoms with Crippen LogP contribution in [0.1, 0.15) is 42.5 Å². The number of nitrogens with one attached hydrogen (secondary N) is 1. The maximum Gasteiger partial charge on any atom is 0.251 e. The van der Waals surface area contributed by atoms with Crippen LogP contribution in [0.25, 0.3) is 0 Å². The minimum absolute atomic E-state index is 0.0576. The minimum Gasteiger partial charge on any atom is -0.481 e. The van der Waals surface area contributed by atoms with E-state index in [0.29, 0.717) is 23.4 Å². The smallest absolute Gasteiger partial charge is 0.251 e. The van der Waals surface area contributed by atoms with Gasteiger partial charge in [0, 0.05) is 50.2 Å². The highest BCUT2D eigenvalue weighted by Crippen LogP contribution is 2.24. The fraction of sp³-hybridized carbons (Fsp3) is 0.684. The lowest BCUT2D eigenvalue weighted by Gasteiger charge is -2.40. The number of pyridine rings is 1. The zero-order chi connectivity index (χ0) is 17.5. The molecule has 0 saturated carbocycles. The van der Waals surface area contributed by atoms with Crippen molar-refractivity contribution in [3.63, 3.8) is 0 Å². The lowest BCUT2D eigenvalue weighted by molar-refractivity contribution is 0.0170. The molecule has 0 aromatic carbocycles. The molecule has 2 aliphatic rings. The molecule has 6 nitrogen and oxygen atoms in total. The summed E-state index contributed by atoms with van der Waals surface area (Å²) in [6.45, 7) is 4.89. The van der Waals surface area contributed by atoms with Crippen LogP contribution in [0.3, 0.4) is 0 Å². The van der Waals surface area contributed by atoms with Crippen LogP contribution in [-0.4, -0.2) is 61.8 Å². The first-order valence-electron chi connectivity index (χ1n) is 9.36. The average Bonchev–Trinajstić information content (AvgIpc) is 2.69. The molecule has 3 heterocycles. The van der Waals surface area contributed by atoms with E-state index >= 15 is 0 Å². The molecule has 1 aromatic rings. The lowest BCUT2D eigenvalue weighted by atomic mass is 9.92. The van der Waals surface area contributed by atoms with Crippen LogP contribution in [0.4, 0.5) is 0 Å². The van der Waals surface area contributed by atoms with Gasteiger partial charge in [-0.25, -0.2) is 4.98 Å². The number of likely N-dealkylation sites (tertiary alicyclic amines) is 1. The van der Waals surface area contributed by atoms with Crippen molar-refractivity contribution in [2.24, 2.45) is 5.92 Å². The number of nitrogens with zero attached hydrogens (tertiary/aromatic N) is 2. The Labute approximate surface area is 149 Å². The van der Waals surface area contributed by atoms with Crippen LogP contribution in [0.5, 0.6) is 5.88 Å². The van der Waals surface area contributed by atoms with Crippen LogP contribution >= 0.6 is 0 Å². The van der Waals surface area contributed by atoms with Crippen molar-refractivity contribution < 1.29 is 14.3 Å². The molecule has 1 atom stereocenters. The number of aromatic nitrogens is 1. The van der Waals surface area contributed by atoms with Gasteiger partial charge in [0.05, 0.1) is 7.11 Å². The third-order valence-electron chi connectivity index (χ3n) is 5.30. The Bertz CT molecular complexity index is 561. The largest absolute Gasteiger partial charge is 0.481 e. The predicted molar refractivity (Wildman–Crippen MR) is 95.9 cm³/mol. The van der Waals surface area contributed by atoms with Crippen molar-refractivity contribution in [1.29, 1.82) is 0 Å². The van der Waals surface area contributed by atoms with Gasteiger partial charge in [-0.05, 0) is 50.6 Å². The van der Waals surface area contributed by atoms with E-state index in [4.69, 9.17) is 9.47 Å². The molecular weight excluding hydrogens is 318 g/mol. The maximum atomic E-state index is 12.2. The Morgan fingerprint density at radius 3 is 3.04 bits per heavy atom. The zero-order valence-corrected chi connectivity index (χ0v) is 15.1. The van der Waals surface area contributed by atoms with Crippen molar-refractivity contribution in [3.8, 4) is 5.88 Å². The van der Waals surface area contributed by atoms with Gasteiger partial charge < -0.3 is 14.8 Å². The van der Waals surface area contributed by atoms with Gasteiger partial charge in [-0.3, -0.25) is 9.69 Å². The summed E-state index contributed by atoms with van der Waals surface area (Å²) in [5, 5.41) is 3.03. The number of hydrogen-bond donors (Lipinski definition) is 1. The summed E-state index contributed by atoms with van der Waals surface area (Å²) in [4.78, 5) is 18.9. The molecule has 0 radical (unpaired) electrons. The molecule has 25 heavy (non-hydrogen) atoms. The van der Waals surface area contributed by atoms with Gasteiger partial charge in [-0.2, -0.15) is 0 Å². The quantitative estimate of drug-likeness (QED) is 0.854. The topological polar surface area (TPSA) is 63.7 Å². The van der Waals surface area contributed by atoms with E-state index in [1.54, 1.807) is 25.4 Å². The van der Waals surface area contributed by atoms with Crippen LogP contribution < -0.4 is 10.1 Å². The highest BCUT2D eigenvalue weighted by Gasteiger charge is 2.27. The Morgan fingerprint density at radius 1 is 1.40 bits per heavy atom.